The minimum Gasteiger partial charge on any atom is -0.478 e. The lowest BCUT2D eigenvalue weighted by atomic mass is 9.94. The summed E-state index contributed by atoms with van der Waals surface area (Å²) >= 11 is 0. The number of aromatic nitrogens is 4. The number of rotatable bonds is 4. The number of piperidine rings is 1. The number of carbonyl (C=O) groups excluding carboxylic acids is 1. The zero-order valence-electron chi connectivity index (χ0n) is 16.5. The van der Waals surface area contributed by atoms with Crippen LogP contribution in [0.15, 0.2) is 34.9 Å². The number of amides is 1. The fourth-order valence-corrected chi connectivity index (χ4v) is 4.09. The van der Waals surface area contributed by atoms with Crippen LogP contribution >= 0.6 is 0 Å². The van der Waals surface area contributed by atoms with Gasteiger partial charge in [-0.1, -0.05) is 17.3 Å². The Hall–Kier alpha value is -3.23. The van der Waals surface area contributed by atoms with E-state index in [0.29, 0.717) is 49.1 Å². The fraction of sp³-hybridized carbons (Fsp3) is 0.429. The van der Waals surface area contributed by atoms with E-state index in [9.17, 15) is 9.18 Å². The average Bonchev–Trinajstić information content (AvgIpc) is 3.41. The number of carbonyl (C=O) groups is 1. The number of hydrogen-bond donors (Lipinski definition) is 0. The summed E-state index contributed by atoms with van der Waals surface area (Å²) in [6.07, 6.45) is 3.31. The molecule has 0 spiro atoms. The Bertz CT molecular complexity index is 1040. The highest BCUT2D eigenvalue weighted by atomic mass is 19.1. The summed E-state index contributed by atoms with van der Waals surface area (Å²) in [6, 6.07) is 8.08. The third-order valence-corrected chi connectivity index (χ3v) is 5.58. The van der Waals surface area contributed by atoms with E-state index in [1.54, 1.807) is 28.9 Å². The van der Waals surface area contributed by atoms with Crippen molar-refractivity contribution in [1.82, 2.24) is 24.8 Å². The molecule has 0 unspecified atom stereocenters. The summed E-state index contributed by atoms with van der Waals surface area (Å²) in [5.74, 6) is 1.09. The molecule has 1 amide bonds. The van der Waals surface area contributed by atoms with E-state index in [2.05, 4.69) is 15.2 Å². The predicted octanol–water partition coefficient (Wildman–Crippen LogP) is 2.95. The first-order valence-electron chi connectivity index (χ1n) is 10.2. The molecular weight excluding hydrogens is 389 g/mol. The molecule has 0 radical (unpaired) electrons. The van der Waals surface area contributed by atoms with E-state index >= 15 is 0 Å². The van der Waals surface area contributed by atoms with E-state index in [0.717, 1.165) is 25.8 Å². The monoisotopic (exact) mass is 411 g/mol. The molecule has 5 rings (SSSR count). The molecular formula is C21H22FN5O3. The van der Waals surface area contributed by atoms with Crippen LogP contribution in [-0.2, 0) is 13.0 Å². The first kappa shape index (κ1) is 18.8. The summed E-state index contributed by atoms with van der Waals surface area (Å²) in [5.41, 5.74) is 0.742. The van der Waals surface area contributed by atoms with Crippen LogP contribution in [-0.4, -0.2) is 50.4 Å². The smallest absolute Gasteiger partial charge is 0.274 e. The molecule has 1 fully saturated rings. The minimum absolute atomic E-state index is 0.0808. The molecule has 0 aliphatic carbocycles. The van der Waals surface area contributed by atoms with Crippen LogP contribution in [0.4, 0.5) is 4.39 Å². The van der Waals surface area contributed by atoms with Gasteiger partial charge in [-0.05, 0) is 30.9 Å². The van der Waals surface area contributed by atoms with Gasteiger partial charge < -0.3 is 14.2 Å². The Morgan fingerprint density at radius 1 is 1.23 bits per heavy atom. The maximum atomic E-state index is 13.9. The van der Waals surface area contributed by atoms with Crippen molar-refractivity contribution >= 4 is 5.91 Å². The van der Waals surface area contributed by atoms with Crippen LogP contribution in [0.1, 0.15) is 35.6 Å². The van der Waals surface area contributed by atoms with Gasteiger partial charge in [0, 0.05) is 38.5 Å². The van der Waals surface area contributed by atoms with Crippen LogP contribution in [0.5, 0.6) is 5.88 Å². The number of halogens is 1. The second-order valence-electron chi connectivity index (χ2n) is 7.75. The van der Waals surface area contributed by atoms with Crippen molar-refractivity contribution in [3.05, 3.63) is 47.7 Å². The third-order valence-electron chi connectivity index (χ3n) is 5.58. The van der Waals surface area contributed by atoms with Gasteiger partial charge in [-0.2, -0.15) is 10.1 Å². The number of likely N-dealkylation sites (tertiary alicyclic amines) is 1. The van der Waals surface area contributed by atoms with Gasteiger partial charge in [0.05, 0.1) is 12.2 Å². The number of ether oxygens (including phenoxy) is 1. The zero-order valence-corrected chi connectivity index (χ0v) is 16.5. The lowest BCUT2D eigenvalue weighted by Crippen LogP contribution is -2.40. The number of fused-ring (bicyclic) bond motifs is 1. The largest absolute Gasteiger partial charge is 0.478 e. The Morgan fingerprint density at radius 2 is 2.13 bits per heavy atom. The van der Waals surface area contributed by atoms with Crippen LogP contribution in [0, 0.1) is 11.7 Å². The van der Waals surface area contributed by atoms with Crippen molar-refractivity contribution < 1.29 is 18.4 Å². The van der Waals surface area contributed by atoms with Crippen LogP contribution in [0.25, 0.3) is 11.4 Å². The zero-order chi connectivity index (χ0) is 20.5. The van der Waals surface area contributed by atoms with Crippen LogP contribution in [0.3, 0.4) is 0 Å². The summed E-state index contributed by atoms with van der Waals surface area (Å²) in [5, 5.41) is 8.32. The van der Waals surface area contributed by atoms with Crippen molar-refractivity contribution in [2.45, 2.75) is 32.2 Å². The lowest BCUT2D eigenvalue weighted by molar-refractivity contribution is 0.0661. The molecule has 3 aromatic rings. The van der Waals surface area contributed by atoms with Gasteiger partial charge in [0.1, 0.15) is 5.82 Å². The highest BCUT2D eigenvalue weighted by molar-refractivity contribution is 5.92. The molecule has 0 N–H and O–H groups in total. The number of aryl methyl sites for hydroxylation is 1. The standard InChI is InChI=1S/C21H22FN5O3/c22-16-7-2-1-6-15(16)20-23-18(30-25-20)11-14-5-3-8-26(13-14)21(28)17-12-19-27(24-17)9-4-10-29-19/h1-2,6-7,12,14H,3-5,8-11,13H2/t14-/m1/s1. The maximum absolute atomic E-state index is 13.9. The van der Waals surface area contributed by atoms with E-state index < -0.39 is 0 Å². The lowest BCUT2D eigenvalue weighted by Gasteiger charge is -2.31. The first-order chi connectivity index (χ1) is 14.7. The van der Waals surface area contributed by atoms with Crippen LogP contribution < -0.4 is 4.74 Å². The second kappa shape index (κ2) is 7.89. The molecule has 2 aromatic heterocycles. The Kier molecular flexibility index (Phi) is 4.94. The highest BCUT2D eigenvalue weighted by Gasteiger charge is 2.28. The van der Waals surface area contributed by atoms with Crippen LogP contribution in [0.2, 0.25) is 0 Å². The van der Waals surface area contributed by atoms with Crippen molar-refractivity contribution in [3.8, 4) is 17.3 Å². The van der Waals surface area contributed by atoms with Gasteiger partial charge in [-0.3, -0.25) is 4.79 Å². The van der Waals surface area contributed by atoms with Gasteiger partial charge in [0.25, 0.3) is 5.91 Å². The van der Waals surface area contributed by atoms with Crippen molar-refractivity contribution in [1.29, 1.82) is 0 Å². The van der Waals surface area contributed by atoms with E-state index in [-0.39, 0.29) is 23.5 Å². The summed E-state index contributed by atoms with van der Waals surface area (Å²) in [7, 11) is 0. The van der Waals surface area contributed by atoms with Gasteiger partial charge in [0.2, 0.25) is 17.6 Å². The molecule has 8 nitrogen and oxygen atoms in total. The second-order valence-corrected chi connectivity index (χ2v) is 7.75. The van der Waals surface area contributed by atoms with Gasteiger partial charge >= 0.3 is 0 Å². The fourth-order valence-electron chi connectivity index (χ4n) is 4.09. The molecule has 1 aromatic carbocycles. The van der Waals surface area contributed by atoms with E-state index in [1.165, 1.54) is 6.07 Å². The highest BCUT2D eigenvalue weighted by Crippen LogP contribution is 2.25. The van der Waals surface area contributed by atoms with E-state index in [1.807, 2.05) is 4.90 Å². The van der Waals surface area contributed by atoms with Gasteiger partial charge in [-0.15, -0.1) is 0 Å². The van der Waals surface area contributed by atoms with Gasteiger partial charge in [0.15, 0.2) is 5.69 Å². The Balaban J connectivity index is 1.25. The molecule has 0 bridgehead atoms. The first-order valence-corrected chi connectivity index (χ1v) is 10.2. The molecule has 156 valence electrons. The molecule has 9 heteroatoms. The average molecular weight is 411 g/mol. The molecule has 30 heavy (non-hydrogen) atoms. The van der Waals surface area contributed by atoms with Crippen molar-refractivity contribution in [3.63, 3.8) is 0 Å². The molecule has 2 aliphatic heterocycles. The minimum atomic E-state index is -0.383. The Labute approximate surface area is 172 Å². The quantitative estimate of drug-likeness (QED) is 0.656. The topological polar surface area (TPSA) is 86.3 Å². The molecule has 2 aliphatic rings. The molecule has 1 saturated heterocycles. The molecule has 0 saturated carbocycles. The summed E-state index contributed by atoms with van der Waals surface area (Å²) in [4.78, 5) is 19.1. The SMILES string of the molecule is O=C(c1cc2n(n1)CCCO2)N1CCC[C@H](Cc2nc(-c3ccccc3F)no2)C1. The number of hydrogen-bond acceptors (Lipinski definition) is 6. The molecule has 4 heterocycles. The maximum Gasteiger partial charge on any atom is 0.274 e. The summed E-state index contributed by atoms with van der Waals surface area (Å²) in [6.45, 7) is 2.72. The number of nitrogens with zero attached hydrogens (tertiary/aromatic N) is 5. The summed E-state index contributed by atoms with van der Waals surface area (Å²) < 4.78 is 26.6. The number of benzene rings is 1. The van der Waals surface area contributed by atoms with E-state index in [4.69, 9.17) is 9.26 Å². The van der Waals surface area contributed by atoms with Gasteiger partial charge in [-0.25, -0.2) is 9.07 Å². The normalized spacial score (nSPS) is 18.7. The predicted molar refractivity (Wildman–Crippen MR) is 104 cm³/mol. The Morgan fingerprint density at radius 3 is 3.00 bits per heavy atom. The van der Waals surface area contributed by atoms with Crippen molar-refractivity contribution in [2.75, 3.05) is 19.7 Å². The van der Waals surface area contributed by atoms with Crippen molar-refractivity contribution in [2.24, 2.45) is 5.92 Å². The molecule has 1 atom stereocenters. The third kappa shape index (κ3) is 3.67.